The van der Waals surface area contributed by atoms with E-state index in [0.717, 1.165) is 30.4 Å². The van der Waals surface area contributed by atoms with Gasteiger partial charge in [-0.25, -0.2) is 0 Å². The number of alkyl halides is 3. The summed E-state index contributed by atoms with van der Waals surface area (Å²) in [7, 11) is 0. The first kappa shape index (κ1) is 26.0. The van der Waals surface area contributed by atoms with Gasteiger partial charge in [-0.2, -0.15) is 3.98 Å². The molecule has 0 aromatic carbocycles. The molecule has 0 spiro atoms. The lowest BCUT2D eigenvalue weighted by molar-refractivity contribution is -0.348. The summed E-state index contributed by atoms with van der Waals surface area (Å²) in [6, 6.07) is 0. The highest BCUT2D eigenvalue weighted by Gasteiger charge is 2.29. The number of nitrogens with one attached hydrogen (secondary N) is 1. The van der Waals surface area contributed by atoms with Gasteiger partial charge in [0.25, 0.3) is 3.12 Å². The largest absolute Gasteiger partial charge is 0.318 e. The molecule has 150 valence electrons. The minimum absolute atomic E-state index is 0.910. The smallest absolute Gasteiger partial charge is 0.268 e. The minimum atomic E-state index is -1.33. The maximum Gasteiger partial charge on any atom is 0.318 e. The highest BCUT2D eigenvalue weighted by atomic mass is 35.6. The van der Waals surface area contributed by atoms with E-state index in [1.54, 1.807) is 11.8 Å². The van der Waals surface area contributed by atoms with Crippen LogP contribution in [0.25, 0.3) is 0 Å². The van der Waals surface area contributed by atoms with Gasteiger partial charge in [-0.15, -0.1) is 0 Å². The van der Waals surface area contributed by atoms with Crippen LogP contribution in [0.2, 0.25) is 0 Å². The van der Waals surface area contributed by atoms with Crippen molar-refractivity contribution >= 4 is 63.7 Å². The van der Waals surface area contributed by atoms with Crippen LogP contribution in [0.5, 0.6) is 0 Å². The Kier molecular flexibility index (Phi) is 17.9. The molecule has 0 aliphatic carbocycles. The fourth-order valence-corrected chi connectivity index (χ4v) is 4.79. The second kappa shape index (κ2) is 17.2. The Hall–Kier alpha value is 1.04. The van der Waals surface area contributed by atoms with Gasteiger partial charge in [-0.05, 0) is 37.4 Å². The molecule has 0 aliphatic heterocycles. The van der Waals surface area contributed by atoms with Crippen molar-refractivity contribution < 1.29 is 3.98 Å². The molecule has 0 aliphatic rings. The number of thioether (sulfide) groups is 1. The lowest BCUT2D eigenvalue weighted by atomic mass is 10.1. The number of hydrogen-bond donors (Lipinski definition) is 1. The average Bonchev–Trinajstić information content (AvgIpc) is 2.54. The number of rotatable bonds is 14. The lowest BCUT2D eigenvalue weighted by Crippen LogP contribution is -2.31. The highest BCUT2D eigenvalue weighted by Crippen LogP contribution is 2.39. The molecule has 0 fully saturated rings. The normalized spacial score (nSPS) is 13.0. The van der Waals surface area contributed by atoms with Gasteiger partial charge in [-0.1, -0.05) is 94.1 Å². The molecule has 0 heterocycles. The predicted octanol–water partition coefficient (Wildman–Crippen LogP) is 7.61. The SMILES string of the molecule is CCCCCCCNC(SCC)=[N+](CCCCCCC)SC(Cl)(Cl)Cl. The summed E-state index contributed by atoms with van der Waals surface area (Å²) in [5.41, 5.74) is 0. The summed E-state index contributed by atoms with van der Waals surface area (Å²) in [6.45, 7) is 8.53. The predicted molar refractivity (Wildman–Crippen MR) is 122 cm³/mol. The van der Waals surface area contributed by atoms with E-state index in [1.165, 1.54) is 69.7 Å². The summed E-state index contributed by atoms with van der Waals surface area (Å²) in [4.78, 5) is 0. The van der Waals surface area contributed by atoms with Crippen molar-refractivity contribution in [3.8, 4) is 0 Å². The molecule has 7 heteroatoms. The fourth-order valence-electron chi connectivity index (χ4n) is 2.44. The molecule has 0 aromatic heterocycles. The van der Waals surface area contributed by atoms with Crippen molar-refractivity contribution in [2.45, 2.75) is 88.1 Å². The molecule has 0 radical (unpaired) electrons. The van der Waals surface area contributed by atoms with E-state index in [-0.39, 0.29) is 0 Å². The Morgan fingerprint density at radius 3 is 1.92 bits per heavy atom. The Labute approximate surface area is 179 Å². The third-order valence-corrected chi connectivity index (χ3v) is 6.20. The number of nitrogens with zero attached hydrogens (tertiary/aromatic N) is 1. The van der Waals surface area contributed by atoms with Gasteiger partial charge in [0, 0.05) is 5.75 Å². The second-order valence-electron chi connectivity index (χ2n) is 6.13. The highest BCUT2D eigenvalue weighted by molar-refractivity contribution is 8.14. The first-order valence-electron chi connectivity index (χ1n) is 9.71. The van der Waals surface area contributed by atoms with E-state index in [9.17, 15) is 0 Å². The second-order valence-corrected chi connectivity index (χ2v) is 11.6. The van der Waals surface area contributed by atoms with Gasteiger partial charge in [0.2, 0.25) is 0 Å². The standard InChI is InChI=1S/C18H35Cl3N2S2/c1-4-7-9-11-13-15-22-17(24-6-3)23(25-18(19,20)21)16-14-12-10-8-5-2/h4-16H2,1-3H3/p+1. The quantitative estimate of drug-likeness (QED) is 0.0731. The van der Waals surface area contributed by atoms with E-state index >= 15 is 0 Å². The average molecular weight is 451 g/mol. The third kappa shape index (κ3) is 16.9. The van der Waals surface area contributed by atoms with E-state index in [0.29, 0.717) is 0 Å². The van der Waals surface area contributed by atoms with Gasteiger partial charge >= 0.3 is 5.17 Å². The van der Waals surface area contributed by atoms with Crippen LogP contribution in [0.3, 0.4) is 0 Å². The van der Waals surface area contributed by atoms with E-state index < -0.39 is 3.12 Å². The number of hydrogen-bond acceptors (Lipinski definition) is 2. The summed E-state index contributed by atoms with van der Waals surface area (Å²) in [6.07, 6.45) is 12.6. The molecule has 0 atom stereocenters. The first-order valence-corrected chi connectivity index (χ1v) is 12.6. The maximum absolute atomic E-state index is 6.05. The van der Waals surface area contributed by atoms with Crippen LogP contribution in [0, 0.1) is 0 Å². The van der Waals surface area contributed by atoms with Crippen LogP contribution in [-0.4, -0.2) is 31.1 Å². The zero-order valence-corrected chi connectivity index (χ0v) is 20.0. The molecular weight excluding hydrogens is 415 g/mol. The van der Waals surface area contributed by atoms with Crippen LogP contribution >= 0.6 is 58.5 Å². The molecule has 2 nitrogen and oxygen atoms in total. The zero-order valence-electron chi connectivity index (χ0n) is 16.1. The zero-order chi connectivity index (χ0) is 19.0. The molecule has 0 rings (SSSR count). The van der Waals surface area contributed by atoms with Crippen molar-refractivity contribution in [1.29, 1.82) is 0 Å². The summed E-state index contributed by atoms with van der Waals surface area (Å²) in [5, 5.41) is 4.71. The van der Waals surface area contributed by atoms with Crippen molar-refractivity contribution in [3.63, 3.8) is 0 Å². The lowest BCUT2D eigenvalue weighted by Gasteiger charge is -2.15. The van der Waals surface area contributed by atoms with Crippen molar-refractivity contribution in [2.24, 2.45) is 0 Å². The molecule has 0 saturated heterocycles. The van der Waals surface area contributed by atoms with Crippen molar-refractivity contribution in [2.75, 3.05) is 18.8 Å². The monoisotopic (exact) mass is 449 g/mol. The molecule has 0 aromatic rings. The summed E-state index contributed by atoms with van der Waals surface area (Å²) in [5.74, 6) is 1.00. The van der Waals surface area contributed by atoms with Gasteiger partial charge in [0.1, 0.15) is 11.9 Å². The topological polar surface area (TPSA) is 15.0 Å². The number of halogens is 3. The molecule has 0 unspecified atom stereocenters. The van der Waals surface area contributed by atoms with Crippen molar-refractivity contribution in [3.05, 3.63) is 0 Å². The summed E-state index contributed by atoms with van der Waals surface area (Å²) < 4.78 is 0.824. The van der Waals surface area contributed by atoms with Crippen LogP contribution in [0.15, 0.2) is 0 Å². The molecule has 0 bridgehead atoms. The fraction of sp³-hybridized carbons (Fsp3) is 0.944. The molecule has 1 N–H and O–H groups in total. The number of unbranched alkanes of at least 4 members (excludes halogenated alkanes) is 8. The Bertz CT molecular complexity index is 348. The van der Waals surface area contributed by atoms with E-state index in [4.69, 9.17) is 34.8 Å². The van der Waals surface area contributed by atoms with Crippen LogP contribution in [0.1, 0.15) is 85.0 Å². The van der Waals surface area contributed by atoms with Crippen LogP contribution in [-0.2, 0) is 0 Å². The van der Waals surface area contributed by atoms with Gasteiger partial charge in [0.05, 0.1) is 13.1 Å². The van der Waals surface area contributed by atoms with E-state index in [2.05, 4.69) is 30.1 Å². The van der Waals surface area contributed by atoms with Crippen LogP contribution < -0.4 is 5.32 Å². The number of amidine groups is 1. The molecule has 0 amide bonds. The maximum atomic E-state index is 6.05. The Morgan fingerprint density at radius 2 is 1.40 bits per heavy atom. The van der Waals surface area contributed by atoms with Gasteiger partial charge < -0.3 is 0 Å². The molecule has 0 saturated carbocycles. The van der Waals surface area contributed by atoms with E-state index in [1.807, 2.05) is 0 Å². The van der Waals surface area contributed by atoms with Crippen molar-refractivity contribution in [1.82, 2.24) is 5.32 Å². The third-order valence-electron chi connectivity index (χ3n) is 3.74. The Morgan fingerprint density at radius 1 is 0.840 bits per heavy atom. The molecular formula is C18H36Cl3N2S2+. The van der Waals surface area contributed by atoms with Gasteiger partial charge in [-0.3, -0.25) is 5.32 Å². The molecule has 25 heavy (non-hydrogen) atoms. The summed E-state index contributed by atoms with van der Waals surface area (Å²) >= 11 is 21.3. The first-order chi connectivity index (χ1) is 11.9. The van der Waals surface area contributed by atoms with Crippen LogP contribution in [0.4, 0.5) is 0 Å². The minimum Gasteiger partial charge on any atom is -0.268 e. The Balaban J connectivity index is 4.64. The van der Waals surface area contributed by atoms with Gasteiger partial charge in [0.15, 0.2) is 0 Å².